The molecule has 0 fully saturated rings. The van der Waals surface area contributed by atoms with E-state index in [4.69, 9.17) is 5.11 Å². The summed E-state index contributed by atoms with van der Waals surface area (Å²) in [6.45, 7) is 2.08. The second-order valence-corrected chi connectivity index (χ2v) is 8.20. The number of unbranched alkanes of at least 4 members (excludes halogenated alkanes) is 12. The Morgan fingerprint density at radius 2 is 0.963 bits per heavy atom. The number of aliphatic hydroxyl groups is 2. The molecule has 0 radical (unpaired) electrons. The van der Waals surface area contributed by atoms with Gasteiger partial charge in [-0.15, -0.1) is 0 Å². The molecule has 162 valence electrons. The molecule has 0 rings (SSSR count). The van der Waals surface area contributed by atoms with Gasteiger partial charge >= 0.3 is 5.97 Å². The van der Waals surface area contributed by atoms with Crippen LogP contribution in [0.3, 0.4) is 0 Å². The molecule has 0 aliphatic heterocycles. The third-order valence-electron chi connectivity index (χ3n) is 5.38. The Morgan fingerprint density at radius 1 is 0.593 bits per heavy atom. The summed E-state index contributed by atoms with van der Waals surface area (Å²) in [5.74, 6) is -0.673. The largest absolute Gasteiger partial charge is 0.481 e. The van der Waals surface area contributed by atoms with E-state index in [9.17, 15) is 15.0 Å². The van der Waals surface area contributed by atoms with Crippen LogP contribution in [0.15, 0.2) is 0 Å². The maximum atomic E-state index is 10.4. The van der Waals surface area contributed by atoms with Gasteiger partial charge in [-0.3, -0.25) is 4.79 Å². The van der Waals surface area contributed by atoms with E-state index in [1.54, 1.807) is 0 Å². The van der Waals surface area contributed by atoms with Crippen LogP contribution in [-0.4, -0.2) is 33.5 Å². The smallest absolute Gasteiger partial charge is 0.303 e. The molecule has 0 saturated carbocycles. The SMILES string of the molecule is CCCC(O)CCC(O)CCCCCCCCCCCCCCCC(=O)O. The van der Waals surface area contributed by atoms with Crippen LogP contribution in [-0.2, 0) is 4.79 Å². The summed E-state index contributed by atoms with van der Waals surface area (Å²) >= 11 is 0. The topological polar surface area (TPSA) is 77.8 Å². The fourth-order valence-electron chi connectivity index (χ4n) is 3.61. The minimum Gasteiger partial charge on any atom is -0.481 e. The minimum absolute atomic E-state index is 0.235. The standard InChI is InChI=1S/C23H46O4/c1-2-16-21(24)19-20-22(25)17-14-12-10-8-6-4-3-5-7-9-11-13-15-18-23(26)27/h21-22,24-25H,2-20H2,1H3,(H,26,27). The molecule has 0 aromatic heterocycles. The molecule has 0 amide bonds. The fraction of sp³-hybridized carbons (Fsp3) is 0.957. The summed E-state index contributed by atoms with van der Waals surface area (Å²) in [6, 6.07) is 0. The van der Waals surface area contributed by atoms with E-state index in [2.05, 4.69) is 6.92 Å². The number of carboxylic acids is 1. The molecule has 3 N–H and O–H groups in total. The van der Waals surface area contributed by atoms with E-state index in [0.29, 0.717) is 6.42 Å². The van der Waals surface area contributed by atoms with Gasteiger partial charge in [-0.2, -0.15) is 0 Å². The lowest BCUT2D eigenvalue weighted by Gasteiger charge is -2.13. The van der Waals surface area contributed by atoms with Crippen LogP contribution in [0.1, 0.15) is 129 Å². The van der Waals surface area contributed by atoms with Crippen molar-refractivity contribution in [3.8, 4) is 0 Å². The molecule has 0 saturated heterocycles. The number of hydrogen-bond donors (Lipinski definition) is 3. The Kier molecular flexibility index (Phi) is 19.7. The lowest BCUT2D eigenvalue weighted by Crippen LogP contribution is -2.13. The van der Waals surface area contributed by atoms with Gasteiger partial charge in [0.2, 0.25) is 0 Å². The second-order valence-electron chi connectivity index (χ2n) is 8.20. The Labute approximate surface area is 167 Å². The number of aliphatic hydroxyl groups excluding tert-OH is 2. The van der Waals surface area contributed by atoms with E-state index in [1.165, 1.54) is 64.2 Å². The van der Waals surface area contributed by atoms with Crippen molar-refractivity contribution in [2.24, 2.45) is 0 Å². The summed E-state index contributed by atoms with van der Waals surface area (Å²) < 4.78 is 0. The van der Waals surface area contributed by atoms with Crippen molar-refractivity contribution in [2.75, 3.05) is 0 Å². The highest BCUT2D eigenvalue weighted by atomic mass is 16.4. The van der Waals surface area contributed by atoms with E-state index >= 15 is 0 Å². The Hall–Kier alpha value is -0.610. The number of hydrogen-bond acceptors (Lipinski definition) is 3. The average molecular weight is 387 g/mol. The van der Waals surface area contributed by atoms with E-state index < -0.39 is 5.97 Å². The molecule has 0 aliphatic rings. The normalized spacial score (nSPS) is 13.6. The molecule has 0 bridgehead atoms. The molecule has 4 heteroatoms. The average Bonchev–Trinajstić information content (AvgIpc) is 2.63. The molecule has 0 aromatic carbocycles. The van der Waals surface area contributed by atoms with Crippen LogP contribution in [0.2, 0.25) is 0 Å². The lowest BCUT2D eigenvalue weighted by atomic mass is 10.0. The third-order valence-corrected chi connectivity index (χ3v) is 5.38. The van der Waals surface area contributed by atoms with Crippen LogP contribution in [0, 0.1) is 0 Å². The van der Waals surface area contributed by atoms with Crippen molar-refractivity contribution in [3.05, 3.63) is 0 Å². The molecule has 27 heavy (non-hydrogen) atoms. The molecule has 0 spiro atoms. The molecule has 2 unspecified atom stereocenters. The van der Waals surface area contributed by atoms with E-state index in [-0.39, 0.29) is 12.2 Å². The summed E-state index contributed by atoms with van der Waals surface area (Å²) in [4.78, 5) is 10.4. The van der Waals surface area contributed by atoms with Crippen molar-refractivity contribution in [3.63, 3.8) is 0 Å². The minimum atomic E-state index is -0.673. The van der Waals surface area contributed by atoms with Gasteiger partial charge in [0.15, 0.2) is 0 Å². The highest BCUT2D eigenvalue weighted by Gasteiger charge is 2.08. The fourth-order valence-corrected chi connectivity index (χ4v) is 3.61. The molecule has 0 heterocycles. The van der Waals surface area contributed by atoms with Crippen molar-refractivity contribution < 1.29 is 20.1 Å². The van der Waals surface area contributed by atoms with Crippen molar-refractivity contribution in [2.45, 2.75) is 141 Å². The third kappa shape index (κ3) is 21.5. The summed E-state index contributed by atoms with van der Waals surface area (Å²) in [5.41, 5.74) is 0. The van der Waals surface area contributed by atoms with Crippen LogP contribution >= 0.6 is 0 Å². The number of aliphatic carboxylic acids is 1. The highest BCUT2D eigenvalue weighted by Crippen LogP contribution is 2.15. The Balaban J connectivity index is 3.17. The van der Waals surface area contributed by atoms with Crippen LogP contribution < -0.4 is 0 Å². The number of carbonyl (C=O) groups is 1. The zero-order chi connectivity index (χ0) is 20.2. The second kappa shape index (κ2) is 20.1. The molecular weight excluding hydrogens is 340 g/mol. The summed E-state index contributed by atoms with van der Waals surface area (Å²) in [5, 5.41) is 28.2. The monoisotopic (exact) mass is 386 g/mol. The van der Waals surface area contributed by atoms with Crippen LogP contribution in [0.5, 0.6) is 0 Å². The summed E-state index contributed by atoms with van der Waals surface area (Å²) in [6.07, 6.45) is 19.8. The quantitative estimate of drug-likeness (QED) is 0.204. The van der Waals surface area contributed by atoms with Gasteiger partial charge in [0.1, 0.15) is 0 Å². The molecular formula is C23H46O4. The van der Waals surface area contributed by atoms with Gasteiger partial charge in [-0.05, 0) is 32.1 Å². The lowest BCUT2D eigenvalue weighted by molar-refractivity contribution is -0.137. The zero-order valence-electron chi connectivity index (χ0n) is 17.8. The van der Waals surface area contributed by atoms with Gasteiger partial charge in [0.25, 0.3) is 0 Å². The number of rotatable bonds is 21. The van der Waals surface area contributed by atoms with Gasteiger partial charge in [0.05, 0.1) is 12.2 Å². The van der Waals surface area contributed by atoms with E-state index in [0.717, 1.165) is 51.4 Å². The van der Waals surface area contributed by atoms with Gasteiger partial charge in [-0.25, -0.2) is 0 Å². The zero-order valence-corrected chi connectivity index (χ0v) is 17.8. The Morgan fingerprint density at radius 3 is 1.37 bits per heavy atom. The molecule has 0 aromatic rings. The van der Waals surface area contributed by atoms with Gasteiger partial charge in [0, 0.05) is 6.42 Å². The maximum absolute atomic E-state index is 10.4. The first kappa shape index (κ1) is 26.4. The predicted octanol–water partition coefficient (Wildman–Crippen LogP) is 6.22. The maximum Gasteiger partial charge on any atom is 0.303 e. The van der Waals surface area contributed by atoms with Crippen molar-refractivity contribution in [1.82, 2.24) is 0 Å². The molecule has 0 aliphatic carbocycles. The first-order valence-electron chi connectivity index (χ1n) is 11.6. The number of carboxylic acid groups (broad SMARTS) is 1. The molecule has 2 atom stereocenters. The van der Waals surface area contributed by atoms with Crippen LogP contribution in [0.25, 0.3) is 0 Å². The van der Waals surface area contributed by atoms with Crippen molar-refractivity contribution in [1.29, 1.82) is 0 Å². The van der Waals surface area contributed by atoms with Gasteiger partial charge in [-0.1, -0.05) is 90.4 Å². The Bertz CT molecular complexity index is 320. The van der Waals surface area contributed by atoms with Crippen molar-refractivity contribution >= 4 is 5.97 Å². The highest BCUT2D eigenvalue weighted by molar-refractivity contribution is 5.66. The first-order valence-corrected chi connectivity index (χ1v) is 11.6. The molecule has 4 nitrogen and oxygen atoms in total. The van der Waals surface area contributed by atoms with Crippen LogP contribution in [0.4, 0.5) is 0 Å². The van der Waals surface area contributed by atoms with E-state index in [1.807, 2.05) is 0 Å². The summed E-state index contributed by atoms with van der Waals surface area (Å²) in [7, 11) is 0. The van der Waals surface area contributed by atoms with Gasteiger partial charge < -0.3 is 15.3 Å². The predicted molar refractivity (Wildman–Crippen MR) is 113 cm³/mol. The first-order chi connectivity index (χ1) is 13.1.